The van der Waals surface area contributed by atoms with Crippen molar-refractivity contribution >= 4 is 22.4 Å². The molecule has 1 aromatic carbocycles. The van der Waals surface area contributed by atoms with E-state index in [1.54, 1.807) is 26.1 Å². The van der Waals surface area contributed by atoms with Crippen LogP contribution in [0.15, 0.2) is 39.8 Å². The fraction of sp³-hybridized carbons (Fsp3) is 0.320. The van der Waals surface area contributed by atoms with Crippen LogP contribution in [-0.4, -0.2) is 24.7 Å². The van der Waals surface area contributed by atoms with Crippen molar-refractivity contribution in [3.05, 3.63) is 58.0 Å². The molecular formula is C25H25N7O2. The minimum absolute atomic E-state index is 0.0608. The highest BCUT2D eigenvalue weighted by atomic mass is 16.5. The maximum Gasteiger partial charge on any atom is 0.263 e. The molecule has 3 N–H and O–H groups in total. The van der Waals surface area contributed by atoms with Gasteiger partial charge in [0.25, 0.3) is 11.4 Å². The third kappa shape index (κ3) is 3.77. The van der Waals surface area contributed by atoms with Crippen molar-refractivity contribution in [2.75, 3.05) is 11.1 Å². The van der Waals surface area contributed by atoms with Gasteiger partial charge in [-0.15, -0.1) is 5.92 Å². The third-order valence-corrected chi connectivity index (χ3v) is 5.88. The minimum atomic E-state index is -0.296. The second-order valence-electron chi connectivity index (χ2n) is 8.33. The number of pyridine rings is 1. The summed E-state index contributed by atoms with van der Waals surface area (Å²) in [6, 6.07) is 7.12. The predicted octanol–water partition coefficient (Wildman–Crippen LogP) is 4.00. The second-order valence-corrected chi connectivity index (χ2v) is 8.33. The Bertz CT molecular complexity index is 1510. The second kappa shape index (κ2) is 8.63. The maximum atomic E-state index is 13.7. The lowest BCUT2D eigenvalue weighted by molar-refractivity contribution is 0.425. The molecule has 1 atom stereocenters. The monoisotopic (exact) mass is 455 g/mol. The molecule has 4 aromatic rings. The SMILES string of the molecule is CC#Cc1cccc2nc([C@H](CC)Nc3nccc(N)c3-c3nc(C)no3)n(C3CC3)c(=O)c12. The zero-order chi connectivity index (χ0) is 23.8. The van der Waals surface area contributed by atoms with Crippen molar-refractivity contribution in [2.24, 2.45) is 0 Å². The Morgan fingerprint density at radius 2 is 2.12 bits per heavy atom. The Morgan fingerprint density at radius 3 is 2.79 bits per heavy atom. The van der Waals surface area contributed by atoms with Gasteiger partial charge in [0.2, 0.25) is 0 Å². The average molecular weight is 456 g/mol. The first kappa shape index (κ1) is 21.6. The molecule has 172 valence electrons. The molecule has 1 fully saturated rings. The zero-order valence-corrected chi connectivity index (χ0v) is 19.3. The summed E-state index contributed by atoms with van der Waals surface area (Å²) in [5.41, 5.74) is 8.52. The van der Waals surface area contributed by atoms with Crippen molar-refractivity contribution in [3.63, 3.8) is 0 Å². The Hall–Kier alpha value is -4.19. The molecule has 1 aliphatic rings. The number of nitrogens with two attached hydrogens (primary N) is 1. The van der Waals surface area contributed by atoms with E-state index in [0.29, 0.717) is 51.6 Å². The number of hydrogen-bond donors (Lipinski definition) is 2. The molecule has 0 aliphatic heterocycles. The first-order valence-corrected chi connectivity index (χ1v) is 11.3. The smallest absolute Gasteiger partial charge is 0.263 e. The molecule has 0 spiro atoms. The van der Waals surface area contributed by atoms with E-state index in [9.17, 15) is 4.79 Å². The first-order chi connectivity index (χ1) is 16.5. The number of aromatic nitrogens is 5. The maximum absolute atomic E-state index is 13.7. The van der Waals surface area contributed by atoms with Gasteiger partial charge in [-0.05, 0) is 51.3 Å². The normalized spacial score (nSPS) is 14.0. The molecular weight excluding hydrogens is 430 g/mol. The van der Waals surface area contributed by atoms with E-state index in [-0.39, 0.29) is 23.5 Å². The summed E-state index contributed by atoms with van der Waals surface area (Å²) in [5, 5.41) is 7.89. The van der Waals surface area contributed by atoms with Gasteiger partial charge in [0.1, 0.15) is 17.2 Å². The van der Waals surface area contributed by atoms with Gasteiger partial charge >= 0.3 is 0 Å². The van der Waals surface area contributed by atoms with Crippen LogP contribution in [0.25, 0.3) is 22.4 Å². The summed E-state index contributed by atoms with van der Waals surface area (Å²) in [6.45, 7) is 5.54. The largest absolute Gasteiger partial charge is 0.398 e. The highest BCUT2D eigenvalue weighted by Gasteiger charge is 2.32. The van der Waals surface area contributed by atoms with Crippen LogP contribution in [0.2, 0.25) is 0 Å². The molecule has 0 radical (unpaired) electrons. The topological polar surface area (TPSA) is 125 Å². The number of hydrogen-bond acceptors (Lipinski definition) is 8. The summed E-state index contributed by atoms with van der Waals surface area (Å²) < 4.78 is 7.20. The molecule has 0 unspecified atom stereocenters. The highest BCUT2D eigenvalue weighted by Crippen LogP contribution is 2.38. The molecule has 34 heavy (non-hydrogen) atoms. The number of fused-ring (bicyclic) bond motifs is 1. The van der Waals surface area contributed by atoms with Gasteiger partial charge in [0, 0.05) is 23.5 Å². The fourth-order valence-corrected chi connectivity index (χ4v) is 4.15. The third-order valence-electron chi connectivity index (χ3n) is 5.88. The lowest BCUT2D eigenvalue weighted by atomic mass is 10.1. The van der Waals surface area contributed by atoms with Crippen molar-refractivity contribution in [1.29, 1.82) is 0 Å². The van der Waals surface area contributed by atoms with E-state index in [2.05, 4.69) is 32.3 Å². The van der Waals surface area contributed by atoms with E-state index in [4.69, 9.17) is 15.2 Å². The highest BCUT2D eigenvalue weighted by molar-refractivity contribution is 5.85. The molecule has 1 saturated carbocycles. The van der Waals surface area contributed by atoms with Crippen LogP contribution in [0, 0.1) is 18.8 Å². The number of anilines is 2. The molecule has 0 bridgehead atoms. The van der Waals surface area contributed by atoms with E-state index in [1.165, 1.54) is 0 Å². The molecule has 1 aliphatic carbocycles. The number of nitrogens with one attached hydrogen (secondary N) is 1. The Labute approximate surface area is 196 Å². The Morgan fingerprint density at radius 1 is 1.29 bits per heavy atom. The van der Waals surface area contributed by atoms with Crippen LogP contribution in [0.5, 0.6) is 0 Å². The van der Waals surface area contributed by atoms with Crippen molar-refractivity contribution in [3.8, 4) is 23.3 Å². The van der Waals surface area contributed by atoms with Gasteiger partial charge in [-0.3, -0.25) is 9.36 Å². The van der Waals surface area contributed by atoms with E-state index >= 15 is 0 Å². The van der Waals surface area contributed by atoms with Crippen LogP contribution in [0.4, 0.5) is 11.5 Å². The summed E-state index contributed by atoms with van der Waals surface area (Å²) in [5.74, 6) is 7.90. The number of nitrogen functional groups attached to an aromatic ring is 1. The summed E-state index contributed by atoms with van der Waals surface area (Å²) in [7, 11) is 0. The van der Waals surface area contributed by atoms with E-state index < -0.39 is 0 Å². The van der Waals surface area contributed by atoms with Crippen molar-refractivity contribution in [1.82, 2.24) is 24.7 Å². The van der Waals surface area contributed by atoms with Crippen LogP contribution in [0.1, 0.15) is 62.4 Å². The predicted molar refractivity (Wildman–Crippen MR) is 130 cm³/mol. The lowest BCUT2D eigenvalue weighted by Crippen LogP contribution is -2.29. The molecule has 9 heteroatoms. The van der Waals surface area contributed by atoms with Crippen LogP contribution in [0.3, 0.4) is 0 Å². The fourth-order valence-electron chi connectivity index (χ4n) is 4.15. The van der Waals surface area contributed by atoms with Crippen molar-refractivity contribution in [2.45, 2.75) is 52.1 Å². The van der Waals surface area contributed by atoms with Crippen LogP contribution >= 0.6 is 0 Å². The quantitative estimate of drug-likeness (QED) is 0.418. The van der Waals surface area contributed by atoms with E-state index in [1.807, 2.05) is 29.7 Å². The standard InChI is InChI=1S/C25H25N7O2/c1-4-7-15-8-6-9-19-20(15)25(33)32(16-10-11-16)23(30-19)18(5-2)29-22-21(17(26)12-13-27-22)24-28-14(3)31-34-24/h6,8-9,12-13,16,18H,5,10-11H2,1-3H3,(H3,26,27,29)/t18-/m0/s1. The summed E-state index contributed by atoms with van der Waals surface area (Å²) >= 11 is 0. The zero-order valence-electron chi connectivity index (χ0n) is 19.3. The Kier molecular flexibility index (Phi) is 5.49. The van der Waals surface area contributed by atoms with Gasteiger partial charge in [0.15, 0.2) is 5.82 Å². The van der Waals surface area contributed by atoms with Gasteiger partial charge in [-0.2, -0.15) is 4.98 Å². The lowest BCUT2D eigenvalue weighted by Gasteiger charge is -2.23. The van der Waals surface area contributed by atoms with Gasteiger partial charge in [-0.1, -0.05) is 24.1 Å². The van der Waals surface area contributed by atoms with Crippen LogP contribution in [-0.2, 0) is 0 Å². The first-order valence-electron chi connectivity index (χ1n) is 11.3. The molecule has 0 amide bonds. The molecule has 9 nitrogen and oxygen atoms in total. The number of nitrogens with zero attached hydrogens (tertiary/aromatic N) is 5. The van der Waals surface area contributed by atoms with Gasteiger partial charge < -0.3 is 15.6 Å². The summed E-state index contributed by atoms with van der Waals surface area (Å²) in [6.07, 6.45) is 4.18. The van der Waals surface area contributed by atoms with Gasteiger partial charge in [0.05, 0.1) is 16.9 Å². The van der Waals surface area contributed by atoms with Crippen LogP contribution < -0.4 is 16.6 Å². The molecule has 3 heterocycles. The molecule has 5 rings (SSSR count). The van der Waals surface area contributed by atoms with Crippen molar-refractivity contribution < 1.29 is 4.52 Å². The number of rotatable bonds is 6. The summed E-state index contributed by atoms with van der Waals surface area (Å²) in [4.78, 5) is 27.5. The number of benzene rings is 1. The average Bonchev–Trinajstić information content (AvgIpc) is 3.57. The molecule has 3 aromatic heterocycles. The van der Waals surface area contributed by atoms with Gasteiger partial charge in [-0.25, -0.2) is 9.97 Å². The minimum Gasteiger partial charge on any atom is -0.398 e. The Balaban J connectivity index is 1.66. The van der Waals surface area contributed by atoms with E-state index in [0.717, 1.165) is 12.8 Å². The molecule has 0 saturated heterocycles. The number of aryl methyl sites for hydroxylation is 1.